The predicted molar refractivity (Wildman–Crippen MR) is 221 cm³/mol. The van der Waals surface area contributed by atoms with Crippen molar-refractivity contribution in [2.45, 2.75) is 224 Å². The highest BCUT2D eigenvalue weighted by Crippen LogP contribution is 2.60. The number of ether oxygens (including phenoxy) is 1. The molecular weight excluding hydrogens is 556 g/mol. The van der Waals surface area contributed by atoms with E-state index in [-0.39, 0.29) is 52.0 Å². The molecule has 6 aliphatic carbocycles. The summed E-state index contributed by atoms with van der Waals surface area (Å²) >= 11 is 0. The maximum atomic E-state index is 4.92. The van der Waals surface area contributed by atoms with Crippen LogP contribution in [0.15, 0.2) is 11.6 Å². The molecule has 1 heterocycles. The Balaban J connectivity index is -0.000000102. The summed E-state index contributed by atoms with van der Waals surface area (Å²) in [5, 5.41) is 0. The molecule has 286 valence electrons. The predicted octanol–water partition coefficient (Wildman–Crippen LogP) is 16.6. The van der Waals surface area contributed by atoms with Crippen molar-refractivity contribution in [2.75, 3.05) is 0 Å². The van der Waals surface area contributed by atoms with E-state index in [1.165, 1.54) is 77.0 Å². The first-order chi connectivity index (χ1) is 18.2. The van der Waals surface area contributed by atoms with E-state index in [1.807, 2.05) is 0 Å². The molecule has 7 aliphatic rings. The van der Waals surface area contributed by atoms with Crippen LogP contribution >= 0.6 is 0 Å². The van der Waals surface area contributed by atoms with Crippen LogP contribution in [0.5, 0.6) is 0 Å². The molecule has 7 rings (SSSR count). The lowest BCUT2D eigenvalue weighted by Gasteiger charge is -2.56. The largest absolute Gasteiger partial charge is 0.370 e. The van der Waals surface area contributed by atoms with Crippen LogP contribution in [0.4, 0.5) is 0 Å². The maximum Gasteiger partial charge on any atom is 0.0811 e. The zero-order valence-corrected chi connectivity index (χ0v) is 28.8. The topological polar surface area (TPSA) is 12.5 Å². The SMILES string of the molecule is C.C.C.C.C.C.C.CC1=CCC(C)C1.CC1CC(C)C1.CC1CC1C.CC1CC2(C1)CC(C)C2.CC1CCC(C)C1.CC1OC1C. The second-order valence-corrected chi connectivity index (χ2v) is 16.6. The van der Waals surface area contributed by atoms with Gasteiger partial charge in [-0.1, -0.05) is 139 Å². The zero-order valence-electron chi connectivity index (χ0n) is 28.8. The smallest absolute Gasteiger partial charge is 0.0811 e. The summed E-state index contributed by atoms with van der Waals surface area (Å²) in [6.45, 7) is 27.4. The van der Waals surface area contributed by atoms with Crippen molar-refractivity contribution in [1.82, 2.24) is 0 Å². The molecule has 1 spiro atoms. The molecule has 7 unspecified atom stereocenters. The lowest BCUT2D eigenvalue weighted by molar-refractivity contribution is -0.0549. The number of rotatable bonds is 0. The first kappa shape index (κ1) is 57.9. The van der Waals surface area contributed by atoms with Gasteiger partial charge in [-0.3, -0.25) is 0 Å². The van der Waals surface area contributed by atoms with Crippen LogP contribution in [-0.4, -0.2) is 12.2 Å². The van der Waals surface area contributed by atoms with Gasteiger partial charge in [-0.2, -0.15) is 0 Å². The second kappa shape index (κ2) is 27.5. The van der Waals surface area contributed by atoms with Gasteiger partial charge in [-0.15, -0.1) is 0 Å². The molecule has 0 aromatic rings. The first-order valence-corrected chi connectivity index (χ1v) is 17.5. The zero-order chi connectivity index (χ0) is 29.3. The van der Waals surface area contributed by atoms with Gasteiger partial charge < -0.3 is 4.74 Å². The number of allylic oxidation sites excluding steroid dienone is 2. The molecule has 5 saturated carbocycles. The van der Waals surface area contributed by atoms with Gasteiger partial charge in [0.2, 0.25) is 0 Å². The molecule has 6 fully saturated rings. The first-order valence-electron chi connectivity index (χ1n) is 17.5. The van der Waals surface area contributed by atoms with Crippen LogP contribution < -0.4 is 0 Å². The normalized spacial score (nSPS) is 38.7. The van der Waals surface area contributed by atoms with E-state index in [4.69, 9.17) is 4.74 Å². The summed E-state index contributed by atoms with van der Waals surface area (Å²) < 4.78 is 4.92. The molecule has 0 aromatic heterocycles. The van der Waals surface area contributed by atoms with E-state index in [9.17, 15) is 0 Å². The van der Waals surface area contributed by atoms with Crippen molar-refractivity contribution in [3.8, 4) is 0 Å². The van der Waals surface area contributed by atoms with Crippen molar-refractivity contribution >= 4 is 0 Å². The highest BCUT2D eigenvalue weighted by molar-refractivity contribution is 5.05. The van der Waals surface area contributed by atoms with Crippen molar-refractivity contribution in [2.24, 2.45) is 58.7 Å². The Morgan fingerprint density at radius 3 is 0.870 bits per heavy atom. The highest BCUT2D eigenvalue weighted by atomic mass is 16.6. The van der Waals surface area contributed by atoms with Gasteiger partial charge in [0.05, 0.1) is 12.2 Å². The maximum absolute atomic E-state index is 4.92. The molecule has 0 bridgehead atoms. The summed E-state index contributed by atoms with van der Waals surface area (Å²) in [7, 11) is 0. The molecule has 0 amide bonds. The van der Waals surface area contributed by atoms with E-state index in [1.54, 1.807) is 5.57 Å². The van der Waals surface area contributed by atoms with Gasteiger partial charge in [-0.05, 0) is 144 Å². The Hall–Kier alpha value is -0.300. The van der Waals surface area contributed by atoms with Gasteiger partial charge in [0.25, 0.3) is 0 Å². The van der Waals surface area contributed by atoms with E-state index in [0.29, 0.717) is 12.2 Å². The Morgan fingerprint density at radius 2 is 0.783 bits per heavy atom. The molecule has 1 nitrogen and oxygen atoms in total. The Labute approximate surface area is 298 Å². The van der Waals surface area contributed by atoms with E-state index < -0.39 is 0 Å². The molecule has 1 saturated heterocycles. The minimum Gasteiger partial charge on any atom is -0.370 e. The number of hydrogen-bond acceptors (Lipinski definition) is 1. The summed E-state index contributed by atoms with van der Waals surface area (Å²) in [5.74, 6) is 9.27. The summed E-state index contributed by atoms with van der Waals surface area (Å²) in [4.78, 5) is 0. The fraction of sp³-hybridized carbons (Fsp3) is 0.956. The monoisotopic (exact) mass is 657 g/mol. The highest BCUT2D eigenvalue weighted by Gasteiger charge is 2.49. The Morgan fingerprint density at radius 1 is 0.478 bits per heavy atom. The summed E-state index contributed by atoms with van der Waals surface area (Å²) in [5.41, 5.74) is 2.46. The van der Waals surface area contributed by atoms with Crippen LogP contribution in [0, 0.1) is 58.7 Å². The molecule has 7 atom stereocenters. The van der Waals surface area contributed by atoms with Gasteiger partial charge in [-0.25, -0.2) is 0 Å². The molecule has 1 heteroatoms. The van der Waals surface area contributed by atoms with Crippen LogP contribution in [0.2, 0.25) is 0 Å². The minimum absolute atomic E-state index is 0. The lowest BCUT2D eigenvalue weighted by Crippen LogP contribution is -2.45. The van der Waals surface area contributed by atoms with Crippen molar-refractivity contribution in [3.05, 3.63) is 11.6 Å². The summed E-state index contributed by atoms with van der Waals surface area (Å²) in [6.07, 6.45) is 21.1. The molecule has 0 radical (unpaired) electrons. The van der Waals surface area contributed by atoms with E-state index >= 15 is 0 Å². The van der Waals surface area contributed by atoms with E-state index in [0.717, 1.165) is 58.7 Å². The average Bonchev–Trinajstić information content (AvgIpc) is 3.51. The van der Waals surface area contributed by atoms with Crippen molar-refractivity contribution < 1.29 is 4.74 Å². The van der Waals surface area contributed by atoms with Gasteiger partial charge in [0.1, 0.15) is 0 Å². The standard InChI is InChI=1S/C9H16.C7H14.C7H12.C6H12.C5H10.C4H8O.7CH4/c1-7-3-9(4-7)5-8(2)6-9;2*1-6-3-4-7(2)5-6;1-5-3-6(2)4-5;1-4-3-5(4)2;1-3-4(2)5-3;;;;;;;/h7-8H,3-6H2,1-2H3;6-7H,3-5H2,1-2H3;3,7H,4-5H2,1-2H3;5-6H,3-4H2,1-2H3;4-5H,3H2,1-2H3;3-4H,1-2H3;7*1H4. The molecule has 1 aliphatic heterocycles. The Bertz CT molecular complexity index is 630. The van der Waals surface area contributed by atoms with Crippen molar-refractivity contribution in [3.63, 3.8) is 0 Å². The van der Waals surface area contributed by atoms with Crippen LogP contribution in [0.3, 0.4) is 0 Å². The van der Waals surface area contributed by atoms with Gasteiger partial charge in [0, 0.05) is 0 Å². The second-order valence-electron chi connectivity index (χ2n) is 16.6. The fourth-order valence-electron chi connectivity index (χ4n) is 7.89. The third-order valence-electron chi connectivity index (χ3n) is 10.8. The van der Waals surface area contributed by atoms with Gasteiger partial charge in [0.15, 0.2) is 0 Å². The van der Waals surface area contributed by atoms with Crippen LogP contribution in [-0.2, 0) is 4.74 Å². The quantitative estimate of drug-likeness (QED) is 0.187. The summed E-state index contributed by atoms with van der Waals surface area (Å²) in [6, 6.07) is 0. The molecule has 0 N–H and O–H groups in total. The number of hydrogen-bond donors (Lipinski definition) is 0. The average molecular weight is 657 g/mol. The van der Waals surface area contributed by atoms with Crippen LogP contribution in [0.25, 0.3) is 0 Å². The minimum atomic E-state index is 0. The third kappa shape index (κ3) is 23.9. The number of epoxide rings is 1. The van der Waals surface area contributed by atoms with Crippen molar-refractivity contribution in [1.29, 1.82) is 0 Å². The van der Waals surface area contributed by atoms with E-state index in [2.05, 4.69) is 89.2 Å². The lowest BCUT2D eigenvalue weighted by atomic mass is 9.49. The van der Waals surface area contributed by atoms with Crippen LogP contribution in [0.1, 0.15) is 212 Å². The molecular formula is C45H100O. The fourth-order valence-corrected chi connectivity index (χ4v) is 7.89. The molecule has 0 aromatic carbocycles. The van der Waals surface area contributed by atoms with Gasteiger partial charge >= 0.3 is 0 Å². The molecule has 46 heavy (non-hydrogen) atoms. The third-order valence-corrected chi connectivity index (χ3v) is 10.8. The Kier molecular flexibility index (Phi) is 34.7.